The number of rotatable bonds is 11. The molecule has 1 atom stereocenters. The SMILES string of the molecule is COc1ccc(OCCOC2CCCCO2)c(CN(C(C)=O)c2cccnc2Oc2cccc(C)c2C)c1. The van der Waals surface area contributed by atoms with Crippen molar-refractivity contribution in [1.82, 2.24) is 4.98 Å². The van der Waals surface area contributed by atoms with Crippen LogP contribution in [0.4, 0.5) is 5.69 Å². The average Bonchev–Trinajstić information content (AvgIpc) is 2.93. The Morgan fingerprint density at radius 2 is 1.95 bits per heavy atom. The number of carbonyl (C=O) groups is 1. The highest BCUT2D eigenvalue weighted by Crippen LogP contribution is 2.35. The van der Waals surface area contributed by atoms with Crippen molar-refractivity contribution in [3.8, 4) is 23.1 Å². The third-order valence-corrected chi connectivity index (χ3v) is 6.56. The third kappa shape index (κ3) is 7.02. The fourth-order valence-electron chi connectivity index (χ4n) is 4.26. The first-order valence-electron chi connectivity index (χ1n) is 13.0. The predicted molar refractivity (Wildman–Crippen MR) is 145 cm³/mol. The van der Waals surface area contributed by atoms with E-state index < -0.39 is 0 Å². The zero-order valence-electron chi connectivity index (χ0n) is 22.6. The second kappa shape index (κ2) is 13.3. The lowest BCUT2D eigenvalue weighted by Crippen LogP contribution is -2.29. The van der Waals surface area contributed by atoms with Crippen molar-refractivity contribution in [2.45, 2.75) is 52.9 Å². The number of ether oxygens (including phenoxy) is 5. The van der Waals surface area contributed by atoms with E-state index in [-0.39, 0.29) is 18.7 Å². The molecule has 1 saturated heterocycles. The summed E-state index contributed by atoms with van der Waals surface area (Å²) in [5, 5.41) is 0. The minimum Gasteiger partial charge on any atom is -0.497 e. The van der Waals surface area contributed by atoms with Gasteiger partial charge in [0.2, 0.25) is 11.8 Å². The molecule has 0 aliphatic carbocycles. The second-order valence-electron chi connectivity index (χ2n) is 9.22. The Morgan fingerprint density at radius 3 is 2.71 bits per heavy atom. The maximum atomic E-state index is 12.9. The molecule has 0 spiro atoms. The summed E-state index contributed by atoms with van der Waals surface area (Å²) in [5.41, 5.74) is 3.48. The molecule has 0 radical (unpaired) electrons. The quantitative estimate of drug-likeness (QED) is 0.288. The van der Waals surface area contributed by atoms with Crippen LogP contribution in [0.1, 0.15) is 42.9 Å². The van der Waals surface area contributed by atoms with Crippen LogP contribution in [-0.4, -0.2) is 44.1 Å². The number of hydrogen-bond acceptors (Lipinski definition) is 7. The summed E-state index contributed by atoms with van der Waals surface area (Å²) in [6.07, 6.45) is 4.57. The van der Waals surface area contributed by atoms with Crippen LogP contribution in [0.5, 0.6) is 23.1 Å². The molecule has 1 fully saturated rings. The summed E-state index contributed by atoms with van der Waals surface area (Å²) in [4.78, 5) is 19.0. The summed E-state index contributed by atoms with van der Waals surface area (Å²) in [6, 6.07) is 15.0. The minimum atomic E-state index is -0.170. The van der Waals surface area contributed by atoms with Gasteiger partial charge in [-0.25, -0.2) is 4.98 Å². The zero-order chi connectivity index (χ0) is 26.9. The number of carbonyl (C=O) groups excluding carboxylic acids is 1. The topological polar surface area (TPSA) is 79.4 Å². The highest BCUT2D eigenvalue weighted by molar-refractivity contribution is 5.92. The number of benzene rings is 2. The lowest BCUT2D eigenvalue weighted by atomic mass is 10.1. The predicted octanol–water partition coefficient (Wildman–Crippen LogP) is 5.97. The highest BCUT2D eigenvalue weighted by Gasteiger charge is 2.21. The number of hydrogen-bond donors (Lipinski definition) is 0. The Kier molecular flexibility index (Phi) is 9.56. The molecular formula is C30H36N2O6. The van der Waals surface area contributed by atoms with Crippen molar-refractivity contribution in [2.75, 3.05) is 31.8 Å². The number of pyridine rings is 1. The first-order chi connectivity index (χ1) is 18.5. The number of aromatic nitrogens is 1. The summed E-state index contributed by atoms with van der Waals surface area (Å²) < 4.78 is 29.2. The van der Waals surface area contributed by atoms with E-state index in [0.717, 1.165) is 42.6 Å². The van der Waals surface area contributed by atoms with Crippen molar-refractivity contribution < 1.29 is 28.5 Å². The van der Waals surface area contributed by atoms with Gasteiger partial charge in [-0.1, -0.05) is 12.1 Å². The number of amides is 1. The minimum absolute atomic E-state index is 0.157. The maximum absolute atomic E-state index is 12.9. The standard InChI is InChI=1S/C30H36N2O6/c1-21-9-7-11-27(22(21)2)38-30-26(10-8-15-31-30)32(23(3)33)20-24-19-25(34-4)13-14-28(24)35-17-18-37-29-12-5-6-16-36-29/h7-11,13-15,19,29H,5-6,12,16-18,20H2,1-4H3. The zero-order valence-corrected chi connectivity index (χ0v) is 22.6. The van der Waals surface area contributed by atoms with Crippen LogP contribution in [-0.2, 0) is 20.8 Å². The Bertz CT molecular complexity index is 1230. The number of aryl methyl sites for hydroxylation is 1. The van der Waals surface area contributed by atoms with E-state index in [9.17, 15) is 4.79 Å². The summed E-state index contributed by atoms with van der Waals surface area (Å²) >= 11 is 0. The van der Waals surface area contributed by atoms with Gasteiger partial charge in [0.15, 0.2) is 6.29 Å². The van der Waals surface area contributed by atoms with Gasteiger partial charge in [-0.15, -0.1) is 0 Å². The maximum Gasteiger partial charge on any atom is 0.243 e. The molecule has 3 aromatic rings. The van der Waals surface area contributed by atoms with Gasteiger partial charge >= 0.3 is 0 Å². The molecule has 2 heterocycles. The molecule has 2 aromatic carbocycles. The molecule has 0 bridgehead atoms. The average molecular weight is 521 g/mol. The van der Waals surface area contributed by atoms with Gasteiger partial charge in [0.1, 0.15) is 29.5 Å². The number of methoxy groups -OCH3 is 1. The third-order valence-electron chi connectivity index (χ3n) is 6.56. The van der Waals surface area contributed by atoms with Gasteiger partial charge in [0.05, 0.1) is 20.3 Å². The van der Waals surface area contributed by atoms with Gasteiger partial charge in [-0.05, 0) is 80.6 Å². The van der Waals surface area contributed by atoms with E-state index in [2.05, 4.69) is 4.98 Å². The van der Waals surface area contributed by atoms with E-state index >= 15 is 0 Å². The van der Waals surface area contributed by atoms with E-state index in [0.29, 0.717) is 42.0 Å². The molecule has 0 saturated carbocycles. The van der Waals surface area contributed by atoms with Gasteiger partial charge in [-0.2, -0.15) is 0 Å². The van der Waals surface area contributed by atoms with Crippen LogP contribution in [0.3, 0.4) is 0 Å². The van der Waals surface area contributed by atoms with E-state index in [1.165, 1.54) is 6.92 Å². The lowest BCUT2D eigenvalue weighted by Gasteiger charge is -2.25. The molecule has 1 aliphatic rings. The Morgan fingerprint density at radius 1 is 1.08 bits per heavy atom. The van der Waals surface area contributed by atoms with E-state index in [4.69, 9.17) is 23.7 Å². The smallest absolute Gasteiger partial charge is 0.243 e. The number of anilines is 1. The fourth-order valence-corrected chi connectivity index (χ4v) is 4.26. The molecule has 8 nitrogen and oxygen atoms in total. The van der Waals surface area contributed by atoms with Gasteiger partial charge in [-0.3, -0.25) is 4.79 Å². The monoisotopic (exact) mass is 520 g/mol. The molecule has 1 amide bonds. The molecule has 0 N–H and O–H groups in total. The molecule has 4 rings (SSSR count). The molecule has 1 aromatic heterocycles. The van der Waals surface area contributed by atoms with Crippen molar-refractivity contribution in [3.63, 3.8) is 0 Å². The van der Waals surface area contributed by atoms with Crippen LogP contribution < -0.4 is 19.1 Å². The number of nitrogens with zero attached hydrogens (tertiary/aromatic N) is 2. The van der Waals surface area contributed by atoms with Crippen LogP contribution in [0.25, 0.3) is 0 Å². The Hall–Kier alpha value is -3.62. The Balaban J connectivity index is 1.54. The summed E-state index contributed by atoms with van der Waals surface area (Å²) in [7, 11) is 1.61. The normalized spacial score (nSPS) is 15.1. The second-order valence-corrected chi connectivity index (χ2v) is 9.22. The lowest BCUT2D eigenvalue weighted by molar-refractivity contribution is -0.165. The van der Waals surface area contributed by atoms with Crippen LogP contribution in [0, 0.1) is 13.8 Å². The molecular weight excluding hydrogens is 484 g/mol. The molecule has 38 heavy (non-hydrogen) atoms. The van der Waals surface area contributed by atoms with Crippen LogP contribution in [0.2, 0.25) is 0 Å². The largest absolute Gasteiger partial charge is 0.497 e. The molecule has 1 unspecified atom stereocenters. The van der Waals surface area contributed by atoms with Crippen LogP contribution in [0.15, 0.2) is 54.7 Å². The molecule has 8 heteroatoms. The highest BCUT2D eigenvalue weighted by atomic mass is 16.7. The van der Waals surface area contributed by atoms with Crippen molar-refractivity contribution in [2.24, 2.45) is 0 Å². The molecule has 202 valence electrons. The van der Waals surface area contributed by atoms with Gasteiger partial charge in [0.25, 0.3) is 0 Å². The van der Waals surface area contributed by atoms with Crippen molar-refractivity contribution in [1.29, 1.82) is 0 Å². The van der Waals surface area contributed by atoms with E-state index in [1.54, 1.807) is 24.3 Å². The van der Waals surface area contributed by atoms with Crippen molar-refractivity contribution >= 4 is 11.6 Å². The first kappa shape index (κ1) is 27.4. The first-order valence-corrected chi connectivity index (χ1v) is 13.0. The Labute approximate surface area is 224 Å². The summed E-state index contributed by atoms with van der Waals surface area (Å²) in [6.45, 7) is 7.28. The van der Waals surface area contributed by atoms with Gasteiger partial charge < -0.3 is 28.6 Å². The molecule has 1 aliphatic heterocycles. The van der Waals surface area contributed by atoms with E-state index in [1.807, 2.05) is 56.3 Å². The van der Waals surface area contributed by atoms with Crippen LogP contribution >= 0.6 is 0 Å². The fraction of sp³-hybridized carbons (Fsp3) is 0.400. The summed E-state index contributed by atoms with van der Waals surface area (Å²) in [5.74, 6) is 2.20. The van der Waals surface area contributed by atoms with Gasteiger partial charge in [0, 0.05) is 25.3 Å². The van der Waals surface area contributed by atoms with Crippen molar-refractivity contribution in [3.05, 3.63) is 71.4 Å².